The Hall–Kier alpha value is -3.13. The Bertz CT molecular complexity index is 1360. The van der Waals surface area contributed by atoms with Gasteiger partial charge in [0.25, 0.3) is 10.1 Å². The van der Waals surface area contributed by atoms with Crippen molar-refractivity contribution in [1.29, 1.82) is 0 Å². The van der Waals surface area contributed by atoms with Crippen LogP contribution in [0.1, 0.15) is 44.2 Å². The number of nitrogens with one attached hydrogen (secondary N) is 2. The average Bonchev–Trinajstić information content (AvgIpc) is 3.28. The number of nitrogens with two attached hydrogens (primary N) is 2. The predicted octanol–water partition coefficient (Wildman–Crippen LogP) is 0.534. The fourth-order valence-corrected chi connectivity index (χ4v) is 4.19. The lowest BCUT2D eigenvalue weighted by molar-refractivity contribution is -0.143. The molecule has 2 rings (SSSR count). The van der Waals surface area contributed by atoms with Crippen LogP contribution < -0.4 is 16.2 Å². The van der Waals surface area contributed by atoms with Gasteiger partial charge in [-0.15, -0.1) is 0 Å². The lowest BCUT2D eigenvalue weighted by Gasteiger charge is -2.08. The van der Waals surface area contributed by atoms with Gasteiger partial charge in [-0.2, -0.15) is 8.42 Å². The second-order valence-corrected chi connectivity index (χ2v) is 13.6. The molecular weight excluding hydrogens is 622 g/mol. The number of rotatable bonds is 14. The van der Waals surface area contributed by atoms with Crippen LogP contribution in [0.5, 0.6) is 0 Å². The van der Waals surface area contributed by atoms with E-state index in [4.69, 9.17) is 31.3 Å². The molecule has 16 nitrogen and oxygen atoms in total. The molecule has 2 aromatic rings. The van der Waals surface area contributed by atoms with Gasteiger partial charge in [0.2, 0.25) is 10.0 Å². The molecule has 0 fully saturated rings. The van der Waals surface area contributed by atoms with Crippen LogP contribution >= 0.6 is 0 Å². The molecular formula is C26H47N5O11S2. The van der Waals surface area contributed by atoms with Gasteiger partial charge in [0, 0.05) is 30.2 Å². The van der Waals surface area contributed by atoms with E-state index in [-0.39, 0.29) is 30.9 Å². The summed E-state index contributed by atoms with van der Waals surface area (Å²) in [6.45, 7) is 4.83. The van der Waals surface area contributed by atoms with Gasteiger partial charge < -0.3 is 36.7 Å². The van der Waals surface area contributed by atoms with Crippen LogP contribution in [-0.2, 0) is 46.7 Å². The van der Waals surface area contributed by atoms with Gasteiger partial charge in [0.15, 0.2) is 0 Å². The van der Waals surface area contributed by atoms with E-state index in [1.54, 1.807) is 0 Å². The number of hydrogen-bond donors (Lipinski definition) is 8. The highest BCUT2D eigenvalue weighted by Crippen LogP contribution is 2.21. The smallest absolute Gasteiger partial charge is 0.320 e. The number of likely N-dealkylation sites (N-methyl/N-ethyl adjacent to an activating group) is 1. The summed E-state index contributed by atoms with van der Waals surface area (Å²) in [6.07, 6.45) is 2.90. The minimum absolute atomic E-state index is 0.0116. The molecule has 0 saturated heterocycles. The Morgan fingerprint density at radius 1 is 1.02 bits per heavy atom. The first-order valence-electron chi connectivity index (χ1n) is 13.4. The maximum Gasteiger partial charge on any atom is 0.320 e. The molecule has 0 spiro atoms. The van der Waals surface area contributed by atoms with E-state index in [0.29, 0.717) is 12.3 Å². The van der Waals surface area contributed by atoms with E-state index in [9.17, 15) is 31.2 Å². The largest absolute Gasteiger partial charge is 0.481 e. The molecule has 1 atom stereocenters. The number of benzene rings is 1. The molecule has 10 N–H and O–H groups in total. The number of fused-ring (bicyclic) bond motifs is 1. The van der Waals surface area contributed by atoms with E-state index in [0.717, 1.165) is 29.4 Å². The van der Waals surface area contributed by atoms with E-state index in [1.807, 2.05) is 52.3 Å². The Balaban J connectivity index is 0. The minimum Gasteiger partial charge on any atom is -0.481 e. The summed E-state index contributed by atoms with van der Waals surface area (Å²) >= 11 is 0. The van der Waals surface area contributed by atoms with E-state index >= 15 is 0 Å². The maximum absolute atomic E-state index is 11.6. The lowest BCUT2D eigenvalue weighted by atomic mass is 10.1. The number of nitrogens with zero attached hydrogens (tertiary/aromatic N) is 1. The first kappa shape index (κ1) is 43.0. The van der Waals surface area contributed by atoms with Crippen molar-refractivity contribution in [3.63, 3.8) is 0 Å². The zero-order chi connectivity index (χ0) is 34.7. The van der Waals surface area contributed by atoms with Gasteiger partial charge in [0.1, 0.15) is 6.04 Å². The molecule has 0 radical (unpaired) electrons. The lowest BCUT2D eigenvalue weighted by Crippen LogP contribution is -2.31. The van der Waals surface area contributed by atoms with E-state index in [2.05, 4.69) is 14.6 Å². The summed E-state index contributed by atoms with van der Waals surface area (Å²) in [7, 11) is -1.51. The highest BCUT2D eigenvalue weighted by Gasteiger charge is 2.12. The number of H-pyrrole nitrogens is 1. The first-order chi connectivity index (χ1) is 20.1. The molecule has 0 aliphatic carbocycles. The number of aromatic amines is 1. The highest BCUT2D eigenvalue weighted by atomic mass is 32.2. The quantitative estimate of drug-likeness (QED) is 0.127. The van der Waals surface area contributed by atoms with Gasteiger partial charge in [-0.3, -0.25) is 18.9 Å². The summed E-state index contributed by atoms with van der Waals surface area (Å²) in [5.74, 6) is -3.05. The number of sulfonamides is 1. The normalized spacial score (nSPS) is 11.9. The highest BCUT2D eigenvalue weighted by molar-refractivity contribution is 7.88. The van der Waals surface area contributed by atoms with Crippen LogP contribution in [0, 0.1) is 5.92 Å². The second-order valence-electron chi connectivity index (χ2n) is 10.1. The van der Waals surface area contributed by atoms with Crippen molar-refractivity contribution < 1.29 is 51.1 Å². The van der Waals surface area contributed by atoms with E-state index in [1.165, 1.54) is 12.6 Å². The van der Waals surface area contributed by atoms with E-state index < -0.39 is 44.1 Å². The molecule has 0 amide bonds. The summed E-state index contributed by atoms with van der Waals surface area (Å²) in [5, 5.41) is 25.2. The second kappa shape index (κ2) is 21.6. The van der Waals surface area contributed by atoms with Crippen LogP contribution in [0.15, 0.2) is 24.4 Å². The van der Waals surface area contributed by atoms with Crippen molar-refractivity contribution in [2.75, 3.05) is 40.0 Å². The van der Waals surface area contributed by atoms with Crippen LogP contribution in [0.2, 0.25) is 0 Å². The molecule has 0 unspecified atom stereocenters. The molecule has 254 valence electrons. The van der Waals surface area contributed by atoms with Crippen molar-refractivity contribution in [3.8, 4) is 0 Å². The summed E-state index contributed by atoms with van der Waals surface area (Å²) in [4.78, 5) is 34.8. The van der Waals surface area contributed by atoms with Crippen molar-refractivity contribution >= 4 is 49.0 Å². The van der Waals surface area contributed by atoms with Gasteiger partial charge in [0.05, 0.1) is 24.3 Å². The molecule has 18 heteroatoms. The van der Waals surface area contributed by atoms with Gasteiger partial charge in [-0.1, -0.05) is 19.9 Å². The SMILES string of the molecule is CC(C)C[C@H](N)C(=O)O.CNS(=O)(=O)Cc1ccc2[nH]cc(CCN(C)C)c2c1.NCCS(=O)(=O)O.O=C(O)CCC(=O)O. The van der Waals surface area contributed by atoms with Gasteiger partial charge >= 0.3 is 17.9 Å². The minimum atomic E-state index is -3.80. The third-order valence-electron chi connectivity index (χ3n) is 5.30. The number of hydrogen-bond acceptors (Lipinski definition) is 10. The summed E-state index contributed by atoms with van der Waals surface area (Å²) < 4.78 is 52.9. The molecule has 0 saturated carbocycles. The average molecular weight is 670 g/mol. The molecule has 0 aliphatic heterocycles. The Kier molecular flexibility index (Phi) is 21.1. The molecule has 44 heavy (non-hydrogen) atoms. The van der Waals surface area contributed by atoms with Crippen molar-refractivity contribution in [3.05, 3.63) is 35.5 Å². The Labute approximate surface area is 258 Å². The molecule has 1 aromatic carbocycles. The molecule has 1 heterocycles. The Morgan fingerprint density at radius 3 is 1.91 bits per heavy atom. The van der Waals surface area contributed by atoms with Gasteiger partial charge in [-0.25, -0.2) is 13.1 Å². The van der Waals surface area contributed by atoms with Crippen LogP contribution in [0.3, 0.4) is 0 Å². The molecule has 0 bridgehead atoms. The maximum atomic E-state index is 11.6. The third kappa shape index (κ3) is 23.3. The monoisotopic (exact) mass is 669 g/mol. The molecule has 1 aromatic heterocycles. The number of aliphatic carboxylic acids is 3. The zero-order valence-electron chi connectivity index (χ0n) is 25.7. The number of carboxylic acids is 3. The van der Waals surface area contributed by atoms with Crippen LogP contribution in [0.25, 0.3) is 10.9 Å². The van der Waals surface area contributed by atoms with Gasteiger partial charge in [-0.05, 0) is 63.2 Å². The topological polar surface area (TPSA) is 284 Å². The van der Waals surface area contributed by atoms with Crippen LogP contribution in [0.4, 0.5) is 0 Å². The molecule has 0 aliphatic rings. The third-order valence-corrected chi connectivity index (χ3v) is 7.39. The van der Waals surface area contributed by atoms with Crippen LogP contribution in [-0.4, -0.2) is 111 Å². The first-order valence-corrected chi connectivity index (χ1v) is 16.6. The summed E-state index contributed by atoms with van der Waals surface area (Å²) in [5.41, 5.74) is 13.1. The number of aromatic nitrogens is 1. The van der Waals surface area contributed by atoms with Crippen molar-refractivity contribution in [2.45, 2.75) is 51.3 Å². The van der Waals surface area contributed by atoms with Crippen molar-refractivity contribution in [1.82, 2.24) is 14.6 Å². The summed E-state index contributed by atoms with van der Waals surface area (Å²) in [6, 6.07) is 5.06. The number of carboxylic acid groups (broad SMARTS) is 3. The fraction of sp³-hybridized carbons (Fsp3) is 0.577. The van der Waals surface area contributed by atoms with Crippen molar-refractivity contribution in [2.24, 2.45) is 17.4 Å². The predicted molar refractivity (Wildman–Crippen MR) is 167 cm³/mol. The standard InChI is InChI=1S/C14H21N3O2S.C6H13NO2.C4H6O4.C2H7NO3S/c1-15-20(18,19)10-11-4-5-14-13(8-11)12(9-16-14)6-7-17(2)3;1-4(2)3-5(7)6(8)9;5-3(6)1-2-4(7)8;3-1-2-7(4,5)6/h4-5,8-9,15-16H,6-7,10H2,1-3H3;4-5H,3,7H2,1-2H3,(H,8,9);1-2H2,(H,5,6)(H,7,8);1-3H2,(H,4,5,6)/t;5-;;/m.0../s1. The Morgan fingerprint density at radius 2 is 1.57 bits per heavy atom. The zero-order valence-corrected chi connectivity index (χ0v) is 27.3. The fourth-order valence-electron chi connectivity index (χ4n) is 3.13. The number of carbonyl (C=O) groups is 3.